The number of rotatable bonds is 5. The summed E-state index contributed by atoms with van der Waals surface area (Å²) in [5.74, 6) is 0.533. The first-order valence-electron chi connectivity index (χ1n) is 6.79. The van der Waals surface area contributed by atoms with Crippen molar-refractivity contribution in [2.24, 2.45) is 0 Å². The van der Waals surface area contributed by atoms with Crippen LogP contribution in [0, 0.1) is 10.1 Å². The number of hydrogen-bond acceptors (Lipinski definition) is 5. The number of nitro groups is 1. The van der Waals surface area contributed by atoms with Crippen molar-refractivity contribution in [3.8, 4) is 5.75 Å². The zero-order valence-corrected chi connectivity index (χ0v) is 11.8. The van der Waals surface area contributed by atoms with Gasteiger partial charge in [0.05, 0.1) is 17.1 Å². The molecule has 0 aromatic heterocycles. The van der Waals surface area contributed by atoms with Crippen LogP contribution >= 0.6 is 0 Å². The Kier molecular flexibility index (Phi) is 4.79. The molecule has 110 valence electrons. The van der Waals surface area contributed by atoms with Crippen molar-refractivity contribution >= 4 is 11.4 Å². The second-order valence-electron chi connectivity index (χ2n) is 4.99. The first-order valence-corrected chi connectivity index (χ1v) is 6.79. The monoisotopic (exact) mass is 280 g/mol. The summed E-state index contributed by atoms with van der Waals surface area (Å²) in [4.78, 5) is 10.5. The molecule has 0 bridgehead atoms. The van der Waals surface area contributed by atoms with Crippen LogP contribution < -0.4 is 10.1 Å². The summed E-state index contributed by atoms with van der Waals surface area (Å²) >= 11 is 0. The molecule has 1 N–H and O–H groups in total. The van der Waals surface area contributed by atoms with E-state index in [1.54, 1.807) is 20.2 Å². The highest BCUT2D eigenvalue weighted by molar-refractivity contribution is 5.56. The molecule has 0 spiro atoms. The number of hydrogen-bond donors (Lipinski definition) is 1. The van der Waals surface area contributed by atoms with E-state index in [0.29, 0.717) is 11.4 Å². The Morgan fingerprint density at radius 1 is 1.30 bits per heavy atom. The Hall–Kier alpha value is -1.82. The molecule has 0 amide bonds. The molecule has 6 heteroatoms. The van der Waals surface area contributed by atoms with Crippen molar-refractivity contribution < 1.29 is 14.4 Å². The van der Waals surface area contributed by atoms with Gasteiger partial charge in [-0.3, -0.25) is 10.1 Å². The Labute approximate surface area is 118 Å². The summed E-state index contributed by atoms with van der Waals surface area (Å²) in [5.41, 5.74) is 0.708. The SMILES string of the molecule is CNc1cc(OC2CCCC(OC)C2)cc([N+](=O)[O-])c1. The molecule has 1 aromatic rings. The fraction of sp³-hybridized carbons (Fsp3) is 0.571. The summed E-state index contributed by atoms with van der Waals surface area (Å²) in [5, 5.41) is 13.8. The highest BCUT2D eigenvalue weighted by Gasteiger charge is 2.23. The summed E-state index contributed by atoms with van der Waals surface area (Å²) in [6.45, 7) is 0. The topological polar surface area (TPSA) is 73.6 Å². The van der Waals surface area contributed by atoms with Gasteiger partial charge in [-0.25, -0.2) is 0 Å². The van der Waals surface area contributed by atoms with E-state index >= 15 is 0 Å². The molecule has 6 nitrogen and oxygen atoms in total. The molecule has 2 atom stereocenters. The minimum atomic E-state index is -0.410. The smallest absolute Gasteiger partial charge is 0.275 e. The fourth-order valence-electron chi connectivity index (χ4n) is 2.52. The van der Waals surface area contributed by atoms with Gasteiger partial charge in [0.1, 0.15) is 11.9 Å². The Balaban J connectivity index is 2.11. The van der Waals surface area contributed by atoms with E-state index in [2.05, 4.69) is 5.32 Å². The third-order valence-corrected chi connectivity index (χ3v) is 3.60. The van der Waals surface area contributed by atoms with E-state index in [4.69, 9.17) is 9.47 Å². The van der Waals surface area contributed by atoms with Crippen LogP contribution in [0.5, 0.6) is 5.75 Å². The molecular formula is C14H20N2O4. The fourth-order valence-corrected chi connectivity index (χ4v) is 2.52. The van der Waals surface area contributed by atoms with Crippen LogP contribution in [0.15, 0.2) is 18.2 Å². The molecule has 1 saturated carbocycles. The standard InChI is InChI=1S/C14H20N2O4/c1-15-10-6-11(16(17)18)8-14(7-10)20-13-5-3-4-12(9-13)19-2/h6-8,12-13,15H,3-5,9H2,1-2H3. The zero-order valence-electron chi connectivity index (χ0n) is 11.8. The lowest BCUT2D eigenvalue weighted by Gasteiger charge is -2.28. The number of anilines is 1. The number of nitrogens with one attached hydrogen (secondary N) is 1. The van der Waals surface area contributed by atoms with E-state index in [1.165, 1.54) is 12.1 Å². The summed E-state index contributed by atoms with van der Waals surface area (Å²) in [7, 11) is 3.43. The second-order valence-corrected chi connectivity index (χ2v) is 4.99. The lowest BCUT2D eigenvalue weighted by Crippen LogP contribution is -2.29. The van der Waals surface area contributed by atoms with Crippen LogP contribution in [-0.2, 0) is 4.74 Å². The third kappa shape index (κ3) is 3.60. The molecule has 1 aromatic carbocycles. The number of benzene rings is 1. The average Bonchev–Trinajstić information content (AvgIpc) is 2.47. The first kappa shape index (κ1) is 14.6. The number of nitrogens with zero attached hydrogens (tertiary/aromatic N) is 1. The number of methoxy groups -OCH3 is 1. The van der Waals surface area contributed by atoms with Gasteiger partial charge in [0.2, 0.25) is 0 Å². The van der Waals surface area contributed by atoms with Gasteiger partial charge in [-0.1, -0.05) is 0 Å². The van der Waals surface area contributed by atoms with E-state index in [1.807, 2.05) is 0 Å². The van der Waals surface area contributed by atoms with Gasteiger partial charge in [0, 0.05) is 38.4 Å². The van der Waals surface area contributed by atoms with Crippen LogP contribution in [-0.4, -0.2) is 31.3 Å². The van der Waals surface area contributed by atoms with Gasteiger partial charge in [-0.15, -0.1) is 0 Å². The molecule has 0 radical (unpaired) electrons. The van der Waals surface area contributed by atoms with Gasteiger partial charge in [0.25, 0.3) is 5.69 Å². The molecule has 20 heavy (non-hydrogen) atoms. The quantitative estimate of drug-likeness (QED) is 0.663. The molecule has 1 fully saturated rings. The van der Waals surface area contributed by atoms with Crippen molar-refractivity contribution in [3.05, 3.63) is 28.3 Å². The molecule has 0 heterocycles. The van der Waals surface area contributed by atoms with Crippen LogP contribution in [0.2, 0.25) is 0 Å². The predicted molar refractivity (Wildman–Crippen MR) is 76.3 cm³/mol. The number of non-ortho nitro benzene ring substituents is 1. The highest BCUT2D eigenvalue weighted by atomic mass is 16.6. The maximum Gasteiger partial charge on any atom is 0.275 e. The van der Waals surface area contributed by atoms with Crippen molar-refractivity contribution in [1.82, 2.24) is 0 Å². The van der Waals surface area contributed by atoms with E-state index in [0.717, 1.165) is 25.7 Å². The van der Waals surface area contributed by atoms with Crippen LogP contribution in [0.1, 0.15) is 25.7 Å². The maximum absolute atomic E-state index is 10.9. The van der Waals surface area contributed by atoms with Crippen molar-refractivity contribution in [1.29, 1.82) is 0 Å². The van der Waals surface area contributed by atoms with E-state index in [-0.39, 0.29) is 17.9 Å². The van der Waals surface area contributed by atoms with Crippen LogP contribution in [0.4, 0.5) is 11.4 Å². The Bertz CT molecular complexity index is 478. The molecule has 1 aliphatic rings. The van der Waals surface area contributed by atoms with Crippen LogP contribution in [0.25, 0.3) is 0 Å². The van der Waals surface area contributed by atoms with Gasteiger partial charge in [-0.2, -0.15) is 0 Å². The summed E-state index contributed by atoms with van der Waals surface area (Å²) < 4.78 is 11.3. The minimum absolute atomic E-state index is 0.0333. The summed E-state index contributed by atoms with van der Waals surface area (Å²) in [6.07, 6.45) is 4.16. The third-order valence-electron chi connectivity index (χ3n) is 3.60. The van der Waals surface area contributed by atoms with Gasteiger partial charge < -0.3 is 14.8 Å². The van der Waals surface area contributed by atoms with Crippen LogP contribution in [0.3, 0.4) is 0 Å². The second kappa shape index (κ2) is 6.56. The molecule has 0 saturated heterocycles. The number of nitro benzene ring substituents is 1. The largest absolute Gasteiger partial charge is 0.490 e. The maximum atomic E-state index is 10.9. The van der Waals surface area contributed by atoms with Crippen molar-refractivity contribution in [2.45, 2.75) is 37.9 Å². The lowest BCUT2D eigenvalue weighted by atomic mass is 9.95. The predicted octanol–water partition coefficient (Wildman–Crippen LogP) is 2.97. The molecule has 2 unspecified atom stereocenters. The average molecular weight is 280 g/mol. The zero-order chi connectivity index (χ0) is 14.5. The van der Waals surface area contributed by atoms with Crippen molar-refractivity contribution in [2.75, 3.05) is 19.5 Å². The summed E-state index contributed by atoms with van der Waals surface area (Å²) in [6, 6.07) is 4.74. The van der Waals surface area contributed by atoms with E-state index < -0.39 is 4.92 Å². The Morgan fingerprint density at radius 2 is 2.05 bits per heavy atom. The normalized spacial score (nSPS) is 22.3. The highest BCUT2D eigenvalue weighted by Crippen LogP contribution is 2.30. The van der Waals surface area contributed by atoms with Gasteiger partial charge >= 0.3 is 0 Å². The minimum Gasteiger partial charge on any atom is -0.490 e. The van der Waals surface area contributed by atoms with Gasteiger partial charge in [0.15, 0.2) is 0 Å². The lowest BCUT2D eigenvalue weighted by molar-refractivity contribution is -0.384. The molecule has 0 aliphatic heterocycles. The number of ether oxygens (including phenoxy) is 2. The first-order chi connectivity index (χ1) is 9.62. The van der Waals surface area contributed by atoms with E-state index in [9.17, 15) is 10.1 Å². The molecule has 2 rings (SSSR count). The van der Waals surface area contributed by atoms with Crippen molar-refractivity contribution in [3.63, 3.8) is 0 Å². The molecular weight excluding hydrogens is 260 g/mol. The molecule has 1 aliphatic carbocycles. The van der Waals surface area contributed by atoms with Gasteiger partial charge in [-0.05, 0) is 19.3 Å². The Morgan fingerprint density at radius 3 is 2.70 bits per heavy atom.